The van der Waals surface area contributed by atoms with E-state index in [1.165, 1.54) is 7.11 Å². The van der Waals surface area contributed by atoms with Crippen LogP contribution in [0.2, 0.25) is 0 Å². The number of nitrogens with zero attached hydrogens (tertiary/aromatic N) is 6. The van der Waals surface area contributed by atoms with E-state index in [9.17, 15) is 10.1 Å². The molecule has 0 fully saturated rings. The molecule has 0 spiro atoms. The first-order valence-corrected chi connectivity index (χ1v) is 9.05. The highest BCUT2D eigenvalue weighted by Crippen LogP contribution is 2.27. The third-order valence-electron chi connectivity index (χ3n) is 4.58. The van der Waals surface area contributed by atoms with Crippen molar-refractivity contribution in [2.75, 3.05) is 7.11 Å². The number of esters is 1. The third kappa shape index (κ3) is 3.12. The number of rotatable bonds is 4. The second-order valence-electron chi connectivity index (χ2n) is 6.74. The summed E-state index contributed by atoms with van der Waals surface area (Å²) in [4.78, 5) is 16.6. The zero-order chi connectivity index (χ0) is 20.5. The first kappa shape index (κ1) is 18.4. The third-order valence-corrected chi connectivity index (χ3v) is 4.58. The smallest absolute Gasteiger partial charge is 0.341 e. The lowest BCUT2D eigenvalue weighted by atomic mass is 10.2. The molecule has 0 N–H and O–H groups in total. The fraction of sp³-hybridized carbons (Fsp3) is 0.190. The summed E-state index contributed by atoms with van der Waals surface area (Å²) >= 11 is 0. The van der Waals surface area contributed by atoms with Crippen LogP contribution in [0, 0.1) is 11.3 Å². The molecule has 4 aromatic rings. The van der Waals surface area contributed by atoms with Gasteiger partial charge in [0.05, 0.1) is 24.0 Å². The Labute approximate surface area is 167 Å². The predicted molar refractivity (Wildman–Crippen MR) is 107 cm³/mol. The first-order valence-electron chi connectivity index (χ1n) is 9.05. The summed E-state index contributed by atoms with van der Waals surface area (Å²) in [6.07, 6.45) is 3.25. The van der Waals surface area contributed by atoms with Crippen molar-refractivity contribution in [2.45, 2.75) is 19.9 Å². The number of aromatic nitrogens is 5. The number of hydrogen-bond acceptors (Lipinski definition) is 6. The van der Waals surface area contributed by atoms with Crippen LogP contribution in [0.3, 0.4) is 0 Å². The fourth-order valence-corrected chi connectivity index (χ4v) is 3.21. The predicted octanol–water partition coefficient (Wildman–Crippen LogP) is 3.52. The molecule has 3 heterocycles. The summed E-state index contributed by atoms with van der Waals surface area (Å²) in [7, 11) is 1.33. The van der Waals surface area contributed by atoms with Crippen LogP contribution in [-0.4, -0.2) is 37.6 Å². The van der Waals surface area contributed by atoms with Gasteiger partial charge < -0.3 is 4.74 Å². The Kier molecular flexibility index (Phi) is 4.56. The van der Waals surface area contributed by atoms with Crippen LogP contribution in [0.1, 0.15) is 35.9 Å². The summed E-state index contributed by atoms with van der Waals surface area (Å²) in [6.45, 7) is 4.02. The van der Waals surface area contributed by atoms with E-state index in [-0.39, 0.29) is 6.04 Å². The van der Waals surface area contributed by atoms with Gasteiger partial charge in [-0.15, -0.1) is 0 Å². The number of carbonyl (C=O) groups excluding carboxylic acids is 1. The SMILES string of the molecule is COC(=O)c1cn(-c2ccc3c(c2)c(C#N)nn3C(C)C)nc1-c1ccccn1. The van der Waals surface area contributed by atoms with E-state index >= 15 is 0 Å². The molecule has 0 unspecified atom stereocenters. The second kappa shape index (κ2) is 7.20. The lowest BCUT2D eigenvalue weighted by Gasteiger charge is -2.07. The average molecular weight is 386 g/mol. The van der Waals surface area contributed by atoms with Crippen molar-refractivity contribution in [3.63, 3.8) is 0 Å². The van der Waals surface area contributed by atoms with Gasteiger partial charge in [0.15, 0.2) is 5.69 Å². The van der Waals surface area contributed by atoms with E-state index in [1.54, 1.807) is 29.2 Å². The van der Waals surface area contributed by atoms with Gasteiger partial charge in [0.25, 0.3) is 0 Å². The molecular weight excluding hydrogens is 368 g/mol. The van der Waals surface area contributed by atoms with Gasteiger partial charge in [0.1, 0.15) is 17.3 Å². The Morgan fingerprint density at radius 3 is 2.69 bits per heavy atom. The maximum absolute atomic E-state index is 12.3. The van der Waals surface area contributed by atoms with E-state index in [1.807, 2.05) is 42.8 Å². The largest absolute Gasteiger partial charge is 0.465 e. The van der Waals surface area contributed by atoms with Crippen LogP contribution >= 0.6 is 0 Å². The Bertz CT molecular complexity index is 1250. The quantitative estimate of drug-likeness (QED) is 0.498. The number of ether oxygens (including phenoxy) is 1. The van der Waals surface area contributed by atoms with E-state index in [2.05, 4.69) is 21.3 Å². The zero-order valence-corrected chi connectivity index (χ0v) is 16.2. The monoisotopic (exact) mass is 386 g/mol. The summed E-state index contributed by atoms with van der Waals surface area (Å²) in [5.74, 6) is -0.497. The number of carbonyl (C=O) groups is 1. The molecule has 29 heavy (non-hydrogen) atoms. The van der Waals surface area contributed by atoms with Crippen LogP contribution in [-0.2, 0) is 4.74 Å². The summed E-state index contributed by atoms with van der Waals surface area (Å²) in [5.41, 5.74) is 3.22. The zero-order valence-electron chi connectivity index (χ0n) is 16.2. The molecule has 0 aliphatic rings. The number of nitriles is 1. The van der Waals surface area contributed by atoms with Crippen molar-refractivity contribution in [1.29, 1.82) is 5.26 Å². The van der Waals surface area contributed by atoms with Gasteiger partial charge in [-0.25, -0.2) is 9.48 Å². The van der Waals surface area contributed by atoms with Crippen LogP contribution in [0.5, 0.6) is 0 Å². The molecule has 0 aliphatic carbocycles. The van der Waals surface area contributed by atoms with Gasteiger partial charge in [-0.1, -0.05) is 6.07 Å². The van der Waals surface area contributed by atoms with Crippen LogP contribution < -0.4 is 0 Å². The maximum atomic E-state index is 12.3. The van der Waals surface area contributed by atoms with Gasteiger partial charge in [-0.3, -0.25) is 9.67 Å². The standard InChI is InChI=1S/C21H18N6O2/c1-13(2)27-19-8-7-14(10-15(19)18(11-22)24-27)26-12-16(21(28)29-3)20(25-26)17-6-4-5-9-23-17/h4-10,12-13H,1-3H3. The molecule has 144 valence electrons. The van der Waals surface area contributed by atoms with Crippen molar-refractivity contribution >= 4 is 16.9 Å². The van der Waals surface area contributed by atoms with Gasteiger partial charge in [0, 0.05) is 23.8 Å². The Morgan fingerprint density at radius 1 is 1.21 bits per heavy atom. The minimum atomic E-state index is -0.497. The topological polar surface area (TPSA) is 98.6 Å². The normalized spacial score (nSPS) is 11.0. The van der Waals surface area contributed by atoms with Crippen LogP contribution in [0.15, 0.2) is 48.8 Å². The molecule has 1 aromatic carbocycles. The highest BCUT2D eigenvalue weighted by Gasteiger charge is 2.21. The summed E-state index contributed by atoms with van der Waals surface area (Å²) in [5, 5.41) is 19.2. The van der Waals surface area contributed by atoms with Crippen molar-refractivity contribution < 1.29 is 9.53 Å². The maximum Gasteiger partial charge on any atom is 0.341 e. The molecule has 0 atom stereocenters. The Hall–Kier alpha value is -3.99. The fourth-order valence-electron chi connectivity index (χ4n) is 3.21. The molecule has 8 heteroatoms. The minimum absolute atomic E-state index is 0.122. The number of pyridine rings is 1. The van der Waals surface area contributed by atoms with Crippen molar-refractivity contribution in [2.24, 2.45) is 0 Å². The number of hydrogen-bond donors (Lipinski definition) is 0. The molecule has 3 aromatic heterocycles. The summed E-state index contributed by atoms with van der Waals surface area (Å²) < 4.78 is 8.31. The lowest BCUT2D eigenvalue weighted by Crippen LogP contribution is -2.02. The van der Waals surface area contributed by atoms with Crippen LogP contribution in [0.4, 0.5) is 0 Å². The molecule has 0 amide bonds. The van der Waals surface area contributed by atoms with Crippen molar-refractivity contribution in [3.8, 4) is 23.1 Å². The van der Waals surface area contributed by atoms with Gasteiger partial charge in [0.2, 0.25) is 0 Å². The van der Waals surface area contributed by atoms with E-state index in [0.717, 1.165) is 10.9 Å². The average Bonchev–Trinajstić information content (AvgIpc) is 3.35. The van der Waals surface area contributed by atoms with Crippen LogP contribution in [0.25, 0.3) is 28.0 Å². The molecule has 0 radical (unpaired) electrons. The van der Waals surface area contributed by atoms with Gasteiger partial charge in [-0.2, -0.15) is 15.5 Å². The van der Waals surface area contributed by atoms with E-state index in [0.29, 0.717) is 28.3 Å². The van der Waals surface area contributed by atoms with Crippen molar-refractivity contribution in [3.05, 3.63) is 60.0 Å². The highest BCUT2D eigenvalue weighted by molar-refractivity contribution is 5.95. The minimum Gasteiger partial charge on any atom is -0.465 e. The molecule has 0 saturated heterocycles. The van der Waals surface area contributed by atoms with Gasteiger partial charge in [-0.05, 0) is 44.2 Å². The van der Waals surface area contributed by atoms with Crippen molar-refractivity contribution in [1.82, 2.24) is 24.5 Å². The lowest BCUT2D eigenvalue weighted by molar-refractivity contribution is 0.0601. The summed E-state index contributed by atoms with van der Waals surface area (Å²) in [6, 6.07) is 13.3. The van der Waals surface area contributed by atoms with E-state index < -0.39 is 5.97 Å². The molecule has 0 saturated carbocycles. The Morgan fingerprint density at radius 2 is 2.03 bits per heavy atom. The number of fused-ring (bicyclic) bond motifs is 1. The first-order chi connectivity index (χ1) is 14.0. The molecule has 4 rings (SSSR count). The molecular formula is C21H18N6O2. The second-order valence-corrected chi connectivity index (χ2v) is 6.74. The Balaban J connectivity index is 1.89. The molecule has 8 nitrogen and oxygen atoms in total. The molecule has 0 aliphatic heterocycles. The number of benzene rings is 1. The molecule has 0 bridgehead atoms. The highest BCUT2D eigenvalue weighted by atomic mass is 16.5. The van der Waals surface area contributed by atoms with E-state index in [4.69, 9.17) is 4.74 Å². The van der Waals surface area contributed by atoms with Gasteiger partial charge >= 0.3 is 5.97 Å². The number of methoxy groups -OCH3 is 1.